The van der Waals surface area contributed by atoms with E-state index in [1.54, 1.807) is 13.3 Å². The number of halogens is 1. The molecule has 1 atom stereocenters. The van der Waals surface area contributed by atoms with Gasteiger partial charge in [-0.2, -0.15) is 0 Å². The van der Waals surface area contributed by atoms with E-state index in [9.17, 15) is 0 Å². The maximum absolute atomic E-state index is 6.20. The molecule has 4 nitrogen and oxygen atoms in total. The van der Waals surface area contributed by atoms with Crippen LogP contribution in [-0.2, 0) is 4.74 Å². The Hall–Kier alpha value is -1.69. The first kappa shape index (κ1) is 17.7. The summed E-state index contributed by atoms with van der Waals surface area (Å²) in [5.74, 6) is 0. The van der Waals surface area contributed by atoms with Crippen molar-refractivity contribution in [2.75, 3.05) is 25.6 Å². The Morgan fingerprint density at radius 2 is 2.13 bits per heavy atom. The summed E-state index contributed by atoms with van der Waals surface area (Å²) in [5.41, 5.74) is 1.88. The fourth-order valence-electron chi connectivity index (χ4n) is 2.21. The Morgan fingerprint density at radius 3 is 2.78 bits per heavy atom. The molecule has 6 heteroatoms. The fraction of sp³-hybridized carbons (Fsp3) is 0.294. The van der Waals surface area contributed by atoms with Crippen molar-refractivity contribution in [2.24, 2.45) is 0 Å². The molecule has 1 heterocycles. The quantitative estimate of drug-likeness (QED) is 0.793. The lowest BCUT2D eigenvalue weighted by Crippen LogP contribution is -2.39. The van der Waals surface area contributed by atoms with E-state index in [1.165, 1.54) is 0 Å². The minimum atomic E-state index is 0.0707. The average molecular weight is 350 g/mol. The minimum absolute atomic E-state index is 0.0707. The van der Waals surface area contributed by atoms with Gasteiger partial charge in [-0.25, -0.2) is 0 Å². The van der Waals surface area contributed by atoms with Gasteiger partial charge in [0.15, 0.2) is 5.11 Å². The molecule has 0 saturated heterocycles. The third kappa shape index (κ3) is 4.89. The Balaban J connectivity index is 2.17. The van der Waals surface area contributed by atoms with Crippen molar-refractivity contribution in [1.82, 2.24) is 9.88 Å². The molecule has 1 N–H and O–H groups in total. The van der Waals surface area contributed by atoms with Crippen molar-refractivity contribution in [2.45, 2.75) is 13.0 Å². The Kier molecular flexibility index (Phi) is 6.77. The number of pyridine rings is 1. The largest absolute Gasteiger partial charge is 0.383 e. The highest BCUT2D eigenvalue weighted by molar-refractivity contribution is 7.80. The summed E-state index contributed by atoms with van der Waals surface area (Å²) >= 11 is 11.8. The van der Waals surface area contributed by atoms with Gasteiger partial charge in [-0.15, -0.1) is 0 Å². The smallest absolute Gasteiger partial charge is 0.174 e. The molecule has 2 aromatic rings. The Bertz CT molecular complexity index is 639. The molecule has 0 aliphatic rings. The van der Waals surface area contributed by atoms with Gasteiger partial charge in [-0.05, 0) is 42.9 Å². The van der Waals surface area contributed by atoms with E-state index < -0.39 is 0 Å². The first-order valence-corrected chi connectivity index (χ1v) is 8.13. The van der Waals surface area contributed by atoms with E-state index in [0.717, 1.165) is 11.3 Å². The van der Waals surface area contributed by atoms with E-state index in [0.29, 0.717) is 23.3 Å². The molecule has 0 fully saturated rings. The van der Waals surface area contributed by atoms with Crippen molar-refractivity contribution in [3.05, 3.63) is 59.4 Å². The van der Waals surface area contributed by atoms with Crippen molar-refractivity contribution in [3.63, 3.8) is 0 Å². The SMILES string of the molecule is COCCN(C(=S)Nc1ccccc1Cl)[C@H](C)c1cccnc1. The second-order valence-corrected chi connectivity index (χ2v) is 5.85. The van der Waals surface area contributed by atoms with Gasteiger partial charge >= 0.3 is 0 Å². The molecule has 0 aliphatic carbocycles. The van der Waals surface area contributed by atoms with Crippen LogP contribution in [0.4, 0.5) is 5.69 Å². The number of thiocarbonyl (C=S) groups is 1. The summed E-state index contributed by atoms with van der Waals surface area (Å²) < 4.78 is 5.21. The summed E-state index contributed by atoms with van der Waals surface area (Å²) in [5, 5.41) is 4.46. The predicted molar refractivity (Wildman–Crippen MR) is 98.9 cm³/mol. The lowest BCUT2D eigenvalue weighted by molar-refractivity contribution is 0.165. The van der Waals surface area contributed by atoms with Crippen molar-refractivity contribution >= 4 is 34.6 Å². The van der Waals surface area contributed by atoms with Crippen LogP contribution in [0.1, 0.15) is 18.5 Å². The summed E-state index contributed by atoms with van der Waals surface area (Å²) in [6, 6.07) is 11.6. The molecule has 23 heavy (non-hydrogen) atoms. The number of benzene rings is 1. The second-order valence-electron chi connectivity index (χ2n) is 5.06. The van der Waals surface area contributed by atoms with Gasteiger partial charge < -0.3 is 15.0 Å². The number of rotatable bonds is 6. The standard InChI is InChI=1S/C17H20ClN3OS/c1-13(14-6-5-9-19-12-14)21(10-11-22-2)17(23)20-16-8-4-3-7-15(16)18/h3-9,12-13H,10-11H2,1-2H3,(H,20,23)/t13-/m1/s1. The zero-order valence-corrected chi connectivity index (χ0v) is 14.8. The summed E-state index contributed by atoms with van der Waals surface area (Å²) in [6.45, 7) is 3.34. The molecular formula is C17H20ClN3OS. The number of nitrogens with one attached hydrogen (secondary N) is 1. The van der Waals surface area contributed by atoms with E-state index in [1.807, 2.05) is 42.6 Å². The highest BCUT2D eigenvalue weighted by Gasteiger charge is 2.19. The van der Waals surface area contributed by atoms with E-state index in [-0.39, 0.29) is 6.04 Å². The second kappa shape index (κ2) is 8.82. The average Bonchev–Trinajstić information content (AvgIpc) is 2.58. The highest BCUT2D eigenvalue weighted by Crippen LogP contribution is 2.24. The maximum Gasteiger partial charge on any atom is 0.174 e. The molecule has 0 spiro atoms. The number of hydrogen-bond donors (Lipinski definition) is 1. The Morgan fingerprint density at radius 1 is 1.35 bits per heavy atom. The number of aromatic nitrogens is 1. The van der Waals surface area contributed by atoms with Crippen LogP contribution in [0.2, 0.25) is 5.02 Å². The number of methoxy groups -OCH3 is 1. The Labute approximate surface area is 147 Å². The van der Waals surface area contributed by atoms with Gasteiger partial charge in [0.1, 0.15) is 0 Å². The van der Waals surface area contributed by atoms with Crippen LogP contribution in [0.5, 0.6) is 0 Å². The normalized spacial score (nSPS) is 11.8. The van der Waals surface area contributed by atoms with Crippen LogP contribution in [0.3, 0.4) is 0 Å². The van der Waals surface area contributed by atoms with Crippen LogP contribution < -0.4 is 5.32 Å². The van der Waals surface area contributed by atoms with Crippen molar-refractivity contribution in [1.29, 1.82) is 0 Å². The number of ether oxygens (including phenoxy) is 1. The lowest BCUT2D eigenvalue weighted by atomic mass is 10.1. The van der Waals surface area contributed by atoms with Gasteiger partial charge in [0.2, 0.25) is 0 Å². The molecule has 2 rings (SSSR count). The first-order chi connectivity index (χ1) is 11.1. The number of anilines is 1. The van der Waals surface area contributed by atoms with Crippen LogP contribution in [-0.4, -0.2) is 35.3 Å². The van der Waals surface area contributed by atoms with Gasteiger partial charge in [-0.3, -0.25) is 4.98 Å². The topological polar surface area (TPSA) is 37.4 Å². The molecule has 122 valence electrons. The van der Waals surface area contributed by atoms with Crippen molar-refractivity contribution < 1.29 is 4.74 Å². The van der Waals surface area contributed by atoms with Crippen LogP contribution in [0, 0.1) is 0 Å². The molecule has 1 aromatic heterocycles. The van der Waals surface area contributed by atoms with Crippen LogP contribution in [0.15, 0.2) is 48.8 Å². The molecule has 0 radical (unpaired) electrons. The number of para-hydroxylation sites is 1. The molecule has 0 saturated carbocycles. The third-order valence-electron chi connectivity index (χ3n) is 3.55. The van der Waals surface area contributed by atoms with Crippen LogP contribution in [0.25, 0.3) is 0 Å². The highest BCUT2D eigenvalue weighted by atomic mass is 35.5. The van der Waals surface area contributed by atoms with Crippen molar-refractivity contribution in [3.8, 4) is 0 Å². The zero-order chi connectivity index (χ0) is 16.7. The molecule has 0 bridgehead atoms. The van der Waals surface area contributed by atoms with E-state index in [4.69, 9.17) is 28.6 Å². The monoisotopic (exact) mass is 349 g/mol. The number of nitrogens with zero attached hydrogens (tertiary/aromatic N) is 2. The van der Waals surface area contributed by atoms with Gasteiger partial charge in [0.25, 0.3) is 0 Å². The van der Waals surface area contributed by atoms with E-state index in [2.05, 4.69) is 22.1 Å². The molecule has 1 aromatic carbocycles. The van der Waals surface area contributed by atoms with Gasteiger partial charge in [-0.1, -0.05) is 29.8 Å². The lowest BCUT2D eigenvalue weighted by Gasteiger charge is -2.32. The third-order valence-corrected chi connectivity index (χ3v) is 4.21. The van der Waals surface area contributed by atoms with Crippen LogP contribution >= 0.6 is 23.8 Å². The maximum atomic E-state index is 6.20. The molecule has 0 unspecified atom stereocenters. The van der Waals surface area contributed by atoms with E-state index >= 15 is 0 Å². The molecule has 0 aliphatic heterocycles. The predicted octanol–water partition coefficient (Wildman–Crippen LogP) is 4.14. The van der Waals surface area contributed by atoms with Gasteiger partial charge in [0.05, 0.1) is 23.4 Å². The summed E-state index contributed by atoms with van der Waals surface area (Å²) in [6.07, 6.45) is 3.61. The van der Waals surface area contributed by atoms with Gasteiger partial charge in [0, 0.05) is 26.0 Å². The fourth-order valence-corrected chi connectivity index (χ4v) is 2.76. The summed E-state index contributed by atoms with van der Waals surface area (Å²) in [4.78, 5) is 6.25. The molecular weight excluding hydrogens is 330 g/mol. The first-order valence-electron chi connectivity index (χ1n) is 7.34. The summed E-state index contributed by atoms with van der Waals surface area (Å²) in [7, 11) is 1.68. The molecule has 0 amide bonds. The minimum Gasteiger partial charge on any atom is -0.383 e. The number of hydrogen-bond acceptors (Lipinski definition) is 3. The zero-order valence-electron chi connectivity index (χ0n) is 13.2.